The fourth-order valence-corrected chi connectivity index (χ4v) is 2.22. The van der Waals surface area contributed by atoms with Crippen molar-refractivity contribution >= 4 is 28.3 Å². The second-order valence-corrected chi connectivity index (χ2v) is 4.86. The average molecular weight is 307 g/mol. The van der Waals surface area contributed by atoms with Crippen LogP contribution in [0.25, 0.3) is 10.9 Å². The first-order valence-electron chi connectivity index (χ1n) is 6.71. The molecule has 0 spiro atoms. The molecule has 0 fully saturated rings. The number of fused-ring (bicyclic) bond motifs is 1. The van der Waals surface area contributed by atoms with Crippen molar-refractivity contribution in [1.29, 1.82) is 5.26 Å². The van der Waals surface area contributed by atoms with E-state index in [1.165, 1.54) is 48.7 Å². The second kappa shape index (κ2) is 5.73. The standard InChI is InChI=1S/C17H10FN3O2/c18-11-3-6-15-13(7-11)14(9-20-15)16(22)17(23)21-12-4-1-10(8-19)2-5-12/h1-7,9,20H,(H,21,23). The maximum absolute atomic E-state index is 13.3. The van der Waals surface area contributed by atoms with Gasteiger partial charge in [-0.1, -0.05) is 0 Å². The number of H-pyrrole nitrogens is 1. The van der Waals surface area contributed by atoms with Crippen LogP contribution in [0.1, 0.15) is 15.9 Å². The molecule has 0 atom stereocenters. The van der Waals surface area contributed by atoms with E-state index < -0.39 is 17.5 Å². The van der Waals surface area contributed by atoms with Crippen LogP contribution in [0.3, 0.4) is 0 Å². The van der Waals surface area contributed by atoms with Crippen molar-refractivity contribution in [2.24, 2.45) is 0 Å². The van der Waals surface area contributed by atoms with Gasteiger partial charge in [0.1, 0.15) is 5.82 Å². The maximum atomic E-state index is 13.3. The number of carbonyl (C=O) groups excluding carboxylic acids is 2. The fourth-order valence-electron chi connectivity index (χ4n) is 2.22. The third-order valence-electron chi connectivity index (χ3n) is 3.37. The van der Waals surface area contributed by atoms with Crippen LogP contribution < -0.4 is 5.32 Å². The highest BCUT2D eigenvalue weighted by Crippen LogP contribution is 2.20. The zero-order valence-electron chi connectivity index (χ0n) is 11.8. The number of nitrogens with zero attached hydrogens (tertiary/aromatic N) is 1. The van der Waals surface area contributed by atoms with Crippen molar-refractivity contribution in [3.8, 4) is 6.07 Å². The fraction of sp³-hybridized carbons (Fsp3) is 0. The first-order chi connectivity index (χ1) is 11.1. The molecule has 1 aromatic heterocycles. The minimum atomic E-state index is -0.833. The summed E-state index contributed by atoms with van der Waals surface area (Å²) in [5.74, 6) is -2.09. The zero-order chi connectivity index (χ0) is 16.4. The molecule has 1 amide bonds. The summed E-state index contributed by atoms with van der Waals surface area (Å²) >= 11 is 0. The van der Waals surface area contributed by atoms with Crippen molar-refractivity contribution in [2.75, 3.05) is 5.32 Å². The summed E-state index contributed by atoms with van der Waals surface area (Å²) in [6.45, 7) is 0. The molecular weight excluding hydrogens is 297 g/mol. The van der Waals surface area contributed by atoms with E-state index in [-0.39, 0.29) is 5.56 Å². The van der Waals surface area contributed by atoms with Crippen LogP contribution in [0.4, 0.5) is 10.1 Å². The lowest BCUT2D eigenvalue weighted by Gasteiger charge is -2.04. The number of aromatic nitrogens is 1. The van der Waals surface area contributed by atoms with Gasteiger partial charge in [-0.15, -0.1) is 0 Å². The molecule has 23 heavy (non-hydrogen) atoms. The van der Waals surface area contributed by atoms with Gasteiger partial charge < -0.3 is 10.3 Å². The molecule has 0 saturated carbocycles. The molecule has 0 aliphatic heterocycles. The number of benzene rings is 2. The number of nitriles is 1. The molecule has 1 heterocycles. The first kappa shape index (κ1) is 14.5. The highest BCUT2D eigenvalue weighted by molar-refractivity contribution is 6.48. The van der Waals surface area contributed by atoms with Crippen LogP contribution in [0.2, 0.25) is 0 Å². The highest BCUT2D eigenvalue weighted by atomic mass is 19.1. The van der Waals surface area contributed by atoms with Gasteiger partial charge in [0, 0.05) is 22.8 Å². The smallest absolute Gasteiger partial charge is 0.296 e. The summed E-state index contributed by atoms with van der Waals surface area (Å²) in [5, 5.41) is 11.5. The van der Waals surface area contributed by atoms with E-state index in [2.05, 4.69) is 10.3 Å². The van der Waals surface area contributed by atoms with Crippen molar-refractivity contribution in [2.45, 2.75) is 0 Å². The molecule has 0 saturated heterocycles. The number of nitrogens with one attached hydrogen (secondary N) is 2. The molecule has 0 unspecified atom stereocenters. The Balaban J connectivity index is 1.85. The van der Waals surface area contributed by atoms with Gasteiger partial charge in [0.05, 0.1) is 17.2 Å². The minimum absolute atomic E-state index is 0.102. The Morgan fingerprint density at radius 3 is 2.57 bits per heavy atom. The van der Waals surface area contributed by atoms with Gasteiger partial charge in [-0.3, -0.25) is 9.59 Å². The number of Topliss-reactive ketones (excluding diaryl/α,β-unsaturated/α-hetero) is 1. The lowest BCUT2D eigenvalue weighted by Crippen LogP contribution is -2.22. The van der Waals surface area contributed by atoms with Crippen LogP contribution in [0, 0.1) is 17.1 Å². The van der Waals surface area contributed by atoms with Crippen LogP contribution in [0.5, 0.6) is 0 Å². The Morgan fingerprint density at radius 2 is 1.87 bits per heavy atom. The van der Waals surface area contributed by atoms with Crippen molar-refractivity contribution in [1.82, 2.24) is 4.98 Å². The SMILES string of the molecule is N#Cc1ccc(NC(=O)C(=O)c2c[nH]c3ccc(F)cc23)cc1. The van der Waals surface area contributed by atoms with Gasteiger partial charge in [0.25, 0.3) is 11.7 Å². The van der Waals surface area contributed by atoms with E-state index in [1.807, 2.05) is 6.07 Å². The van der Waals surface area contributed by atoms with Gasteiger partial charge in [-0.2, -0.15) is 5.26 Å². The molecule has 0 bridgehead atoms. The number of anilines is 1. The number of hydrogen-bond donors (Lipinski definition) is 2. The topological polar surface area (TPSA) is 85.8 Å². The van der Waals surface area contributed by atoms with E-state index in [9.17, 15) is 14.0 Å². The number of hydrogen-bond acceptors (Lipinski definition) is 3. The summed E-state index contributed by atoms with van der Waals surface area (Å²) in [6.07, 6.45) is 1.38. The Labute approximate surface area is 130 Å². The summed E-state index contributed by atoms with van der Waals surface area (Å²) in [7, 11) is 0. The molecule has 5 nitrogen and oxygen atoms in total. The van der Waals surface area contributed by atoms with Gasteiger partial charge in [-0.05, 0) is 42.5 Å². The highest BCUT2D eigenvalue weighted by Gasteiger charge is 2.20. The zero-order valence-corrected chi connectivity index (χ0v) is 11.8. The van der Waals surface area contributed by atoms with Crippen molar-refractivity contribution in [3.05, 3.63) is 65.6 Å². The molecule has 3 rings (SSSR count). The normalized spacial score (nSPS) is 10.3. The van der Waals surface area contributed by atoms with Gasteiger partial charge >= 0.3 is 0 Å². The van der Waals surface area contributed by atoms with E-state index in [4.69, 9.17) is 5.26 Å². The molecule has 2 aromatic carbocycles. The van der Waals surface area contributed by atoms with E-state index >= 15 is 0 Å². The predicted molar refractivity (Wildman–Crippen MR) is 82.4 cm³/mol. The Hall–Kier alpha value is -3.46. The van der Waals surface area contributed by atoms with Gasteiger partial charge in [0.2, 0.25) is 0 Å². The molecule has 0 aliphatic carbocycles. The molecule has 112 valence electrons. The lowest BCUT2D eigenvalue weighted by molar-refractivity contribution is -0.112. The Morgan fingerprint density at radius 1 is 1.13 bits per heavy atom. The van der Waals surface area contributed by atoms with Crippen molar-refractivity contribution in [3.63, 3.8) is 0 Å². The van der Waals surface area contributed by atoms with E-state index in [0.717, 1.165) is 0 Å². The van der Waals surface area contributed by atoms with Crippen LogP contribution in [0.15, 0.2) is 48.7 Å². The molecule has 2 N–H and O–H groups in total. The first-order valence-corrected chi connectivity index (χ1v) is 6.71. The largest absolute Gasteiger partial charge is 0.360 e. The summed E-state index contributed by atoms with van der Waals surface area (Å²) < 4.78 is 13.3. The second-order valence-electron chi connectivity index (χ2n) is 4.86. The summed E-state index contributed by atoms with van der Waals surface area (Å²) in [5.41, 5.74) is 1.52. The Kier molecular flexibility index (Phi) is 3.61. The molecule has 3 aromatic rings. The molecular formula is C17H10FN3O2. The van der Waals surface area contributed by atoms with Gasteiger partial charge in [0.15, 0.2) is 0 Å². The maximum Gasteiger partial charge on any atom is 0.296 e. The number of rotatable bonds is 3. The van der Waals surface area contributed by atoms with Crippen molar-refractivity contribution < 1.29 is 14.0 Å². The number of carbonyl (C=O) groups is 2. The molecule has 0 aliphatic rings. The molecule has 6 heteroatoms. The van der Waals surface area contributed by atoms with Crippen LogP contribution >= 0.6 is 0 Å². The summed E-state index contributed by atoms with van der Waals surface area (Å²) in [4.78, 5) is 27.1. The van der Waals surface area contributed by atoms with Crippen LogP contribution in [-0.2, 0) is 4.79 Å². The lowest BCUT2D eigenvalue weighted by atomic mass is 10.1. The Bertz CT molecular complexity index is 952. The van der Waals surface area contributed by atoms with Gasteiger partial charge in [-0.25, -0.2) is 4.39 Å². The predicted octanol–water partition coefficient (Wildman–Crippen LogP) is 3.00. The third kappa shape index (κ3) is 2.80. The number of aromatic amines is 1. The molecule has 0 radical (unpaired) electrons. The quantitative estimate of drug-likeness (QED) is 0.576. The number of amides is 1. The van der Waals surface area contributed by atoms with E-state index in [1.54, 1.807) is 0 Å². The number of ketones is 1. The third-order valence-corrected chi connectivity index (χ3v) is 3.37. The summed E-state index contributed by atoms with van der Waals surface area (Å²) in [6, 6.07) is 12.0. The monoisotopic (exact) mass is 307 g/mol. The van der Waals surface area contributed by atoms with Crippen LogP contribution in [-0.4, -0.2) is 16.7 Å². The van der Waals surface area contributed by atoms with E-state index in [0.29, 0.717) is 22.2 Å². The number of halogens is 1. The minimum Gasteiger partial charge on any atom is -0.360 e. The average Bonchev–Trinajstić information content (AvgIpc) is 2.97.